The normalized spacial score (nSPS) is 26.6. The zero-order valence-corrected chi connectivity index (χ0v) is 9.22. The van der Waals surface area contributed by atoms with Gasteiger partial charge in [0.05, 0.1) is 6.04 Å². The number of hydrogen-bond acceptors (Lipinski definition) is 3. The summed E-state index contributed by atoms with van der Waals surface area (Å²) in [6, 6.07) is -0.00123. The SMILES string of the molecule is NC(=NO)C1CCCCN1C(=O)NC1CC1. The number of oxime groups is 1. The molecule has 2 amide bonds. The summed E-state index contributed by atoms with van der Waals surface area (Å²) >= 11 is 0. The van der Waals surface area contributed by atoms with Crippen LogP contribution in [0.2, 0.25) is 0 Å². The van der Waals surface area contributed by atoms with Gasteiger partial charge in [-0.3, -0.25) is 0 Å². The van der Waals surface area contributed by atoms with Crippen LogP contribution < -0.4 is 11.1 Å². The van der Waals surface area contributed by atoms with Gasteiger partial charge in [-0.1, -0.05) is 5.16 Å². The number of nitrogens with two attached hydrogens (primary N) is 1. The van der Waals surface area contributed by atoms with Gasteiger partial charge >= 0.3 is 6.03 Å². The minimum Gasteiger partial charge on any atom is -0.409 e. The average molecular weight is 226 g/mol. The number of nitrogens with one attached hydrogen (secondary N) is 1. The summed E-state index contributed by atoms with van der Waals surface area (Å²) in [6.07, 6.45) is 4.89. The number of nitrogens with zero attached hydrogens (tertiary/aromatic N) is 2. The van der Waals surface area contributed by atoms with E-state index in [-0.39, 0.29) is 17.9 Å². The van der Waals surface area contributed by atoms with E-state index in [1.54, 1.807) is 4.90 Å². The van der Waals surface area contributed by atoms with Crippen molar-refractivity contribution in [1.82, 2.24) is 10.2 Å². The van der Waals surface area contributed by atoms with Crippen LogP contribution >= 0.6 is 0 Å². The van der Waals surface area contributed by atoms with E-state index in [9.17, 15) is 4.79 Å². The molecule has 0 aromatic heterocycles. The van der Waals surface area contributed by atoms with Gasteiger partial charge in [-0.2, -0.15) is 0 Å². The predicted octanol–water partition coefficient (Wildman–Crippen LogP) is 0.459. The van der Waals surface area contributed by atoms with Gasteiger partial charge in [-0.25, -0.2) is 4.79 Å². The summed E-state index contributed by atoms with van der Waals surface area (Å²) in [5.74, 6) is 0.130. The van der Waals surface area contributed by atoms with Crippen LogP contribution in [0.15, 0.2) is 5.16 Å². The number of likely N-dealkylation sites (tertiary alicyclic amines) is 1. The van der Waals surface area contributed by atoms with Crippen molar-refractivity contribution in [3.05, 3.63) is 0 Å². The molecule has 1 saturated heterocycles. The molecule has 6 nitrogen and oxygen atoms in total. The molecule has 1 heterocycles. The molecule has 0 radical (unpaired) electrons. The second-order valence-electron chi connectivity index (χ2n) is 4.45. The second kappa shape index (κ2) is 4.59. The number of amides is 2. The maximum absolute atomic E-state index is 11.9. The Hall–Kier alpha value is -1.46. The number of amidine groups is 1. The van der Waals surface area contributed by atoms with E-state index in [1.165, 1.54) is 0 Å². The molecule has 1 aliphatic carbocycles. The second-order valence-corrected chi connectivity index (χ2v) is 4.45. The first-order chi connectivity index (χ1) is 7.72. The van der Waals surface area contributed by atoms with Crippen LogP contribution in [0.3, 0.4) is 0 Å². The molecule has 2 rings (SSSR count). The summed E-state index contributed by atoms with van der Waals surface area (Å²) < 4.78 is 0. The number of carbonyl (C=O) groups excluding carboxylic acids is 1. The van der Waals surface area contributed by atoms with Gasteiger partial charge in [0.1, 0.15) is 0 Å². The lowest BCUT2D eigenvalue weighted by Crippen LogP contribution is -2.54. The van der Waals surface area contributed by atoms with Crippen LogP contribution in [-0.2, 0) is 0 Å². The number of carbonyl (C=O) groups is 1. The van der Waals surface area contributed by atoms with E-state index in [4.69, 9.17) is 10.9 Å². The summed E-state index contributed by atoms with van der Waals surface area (Å²) in [7, 11) is 0. The fourth-order valence-electron chi connectivity index (χ4n) is 2.03. The predicted molar refractivity (Wildman–Crippen MR) is 59.3 cm³/mol. The molecule has 6 heteroatoms. The number of rotatable bonds is 2. The van der Waals surface area contributed by atoms with Crippen LogP contribution in [0.5, 0.6) is 0 Å². The van der Waals surface area contributed by atoms with Crippen molar-refractivity contribution in [2.45, 2.75) is 44.2 Å². The van der Waals surface area contributed by atoms with Crippen LogP contribution in [0.1, 0.15) is 32.1 Å². The van der Waals surface area contributed by atoms with Crippen molar-refractivity contribution < 1.29 is 10.0 Å². The van der Waals surface area contributed by atoms with Crippen molar-refractivity contribution in [2.24, 2.45) is 10.9 Å². The van der Waals surface area contributed by atoms with Crippen molar-refractivity contribution in [2.75, 3.05) is 6.54 Å². The monoisotopic (exact) mass is 226 g/mol. The van der Waals surface area contributed by atoms with Crippen molar-refractivity contribution in [1.29, 1.82) is 0 Å². The lowest BCUT2D eigenvalue weighted by atomic mass is 10.0. The first-order valence-electron chi connectivity index (χ1n) is 5.77. The van der Waals surface area contributed by atoms with E-state index in [0.29, 0.717) is 12.6 Å². The lowest BCUT2D eigenvalue weighted by Gasteiger charge is -2.34. The van der Waals surface area contributed by atoms with Gasteiger partial charge in [0, 0.05) is 12.6 Å². The highest BCUT2D eigenvalue weighted by molar-refractivity contribution is 5.89. The minimum absolute atomic E-state index is 0.0844. The summed E-state index contributed by atoms with van der Waals surface area (Å²) in [5.41, 5.74) is 5.60. The van der Waals surface area contributed by atoms with Gasteiger partial charge < -0.3 is 21.2 Å². The highest BCUT2D eigenvalue weighted by Crippen LogP contribution is 2.21. The Bertz CT molecular complexity index is 301. The van der Waals surface area contributed by atoms with Crippen molar-refractivity contribution >= 4 is 11.9 Å². The van der Waals surface area contributed by atoms with E-state index in [1.807, 2.05) is 0 Å². The highest BCUT2D eigenvalue weighted by Gasteiger charge is 2.32. The summed E-state index contributed by atoms with van der Waals surface area (Å²) in [4.78, 5) is 13.6. The first-order valence-corrected chi connectivity index (χ1v) is 5.77. The third-order valence-electron chi connectivity index (χ3n) is 3.13. The maximum atomic E-state index is 11.9. The molecule has 16 heavy (non-hydrogen) atoms. The number of urea groups is 1. The van der Waals surface area contributed by atoms with Crippen molar-refractivity contribution in [3.8, 4) is 0 Å². The van der Waals surface area contributed by atoms with Crippen molar-refractivity contribution in [3.63, 3.8) is 0 Å². The average Bonchev–Trinajstić information content (AvgIpc) is 3.12. The molecular weight excluding hydrogens is 208 g/mol. The largest absolute Gasteiger partial charge is 0.409 e. The first kappa shape index (κ1) is 11.0. The van der Waals surface area contributed by atoms with Gasteiger partial charge in [-0.15, -0.1) is 0 Å². The Morgan fingerprint density at radius 3 is 2.75 bits per heavy atom. The molecule has 2 fully saturated rings. The fourth-order valence-corrected chi connectivity index (χ4v) is 2.03. The third-order valence-corrected chi connectivity index (χ3v) is 3.13. The molecule has 0 spiro atoms. The smallest absolute Gasteiger partial charge is 0.318 e. The van der Waals surface area contributed by atoms with Gasteiger partial charge in [-0.05, 0) is 32.1 Å². The lowest BCUT2D eigenvalue weighted by molar-refractivity contribution is 0.170. The highest BCUT2D eigenvalue weighted by atomic mass is 16.4. The molecule has 1 atom stereocenters. The Morgan fingerprint density at radius 1 is 1.38 bits per heavy atom. The quantitative estimate of drug-likeness (QED) is 0.276. The van der Waals surface area contributed by atoms with Crippen LogP contribution in [0, 0.1) is 0 Å². The molecule has 4 N–H and O–H groups in total. The van der Waals surface area contributed by atoms with E-state index >= 15 is 0 Å². The Labute approximate surface area is 94.5 Å². The third kappa shape index (κ3) is 2.37. The number of piperidine rings is 1. The molecule has 0 bridgehead atoms. The topological polar surface area (TPSA) is 91.0 Å². The molecule has 2 aliphatic rings. The van der Waals surface area contributed by atoms with Gasteiger partial charge in [0.25, 0.3) is 0 Å². The van der Waals surface area contributed by atoms with Crippen LogP contribution in [0.4, 0.5) is 4.79 Å². The molecule has 1 saturated carbocycles. The minimum atomic E-state index is -0.252. The molecular formula is C10H18N4O2. The summed E-state index contributed by atoms with van der Waals surface area (Å²) in [5, 5.41) is 14.6. The van der Waals surface area contributed by atoms with Crippen LogP contribution in [-0.4, -0.2) is 40.6 Å². The van der Waals surface area contributed by atoms with Crippen LogP contribution in [0.25, 0.3) is 0 Å². The van der Waals surface area contributed by atoms with Gasteiger partial charge in [0.15, 0.2) is 5.84 Å². The van der Waals surface area contributed by atoms with E-state index < -0.39 is 0 Å². The Kier molecular flexibility index (Phi) is 3.17. The van der Waals surface area contributed by atoms with Gasteiger partial charge in [0.2, 0.25) is 0 Å². The maximum Gasteiger partial charge on any atom is 0.318 e. The zero-order chi connectivity index (χ0) is 11.5. The fraction of sp³-hybridized carbons (Fsp3) is 0.800. The Morgan fingerprint density at radius 2 is 2.12 bits per heavy atom. The molecule has 90 valence electrons. The molecule has 0 aromatic rings. The zero-order valence-electron chi connectivity index (χ0n) is 9.22. The van der Waals surface area contributed by atoms with E-state index in [0.717, 1.165) is 32.1 Å². The molecule has 1 unspecified atom stereocenters. The molecule has 0 aromatic carbocycles. The standard InChI is InChI=1S/C10H18N4O2/c11-9(13-16)8-3-1-2-6-14(8)10(15)12-7-4-5-7/h7-8,16H,1-6H2,(H2,11,13)(H,12,15). The molecule has 1 aliphatic heterocycles. The summed E-state index contributed by atoms with van der Waals surface area (Å²) in [6.45, 7) is 0.680. The van der Waals surface area contributed by atoms with E-state index in [2.05, 4.69) is 10.5 Å². The Balaban J connectivity index is 1.99. The number of hydrogen-bond donors (Lipinski definition) is 3.